The van der Waals surface area contributed by atoms with Gasteiger partial charge in [0.2, 0.25) is 0 Å². The van der Waals surface area contributed by atoms with Gasteiger partial charge in [0, 0.05) is 12.6 Å². The molecule has 2 aromatic carbocycles. The summed E-state index contributed by atoms with van der Waals surface area (Å²) in [6, 6.07) is 14.8. The van der Waals surface area contributed by atoms with Crippen LogP contribution in [0.2, 0.25) is 0 Å². The SMILES string of the molecule is CNC(=O)c1cccc(-c2ccccc2)c1C=O. The van der Waals surface area contributed by atoms with Crippen molar-refractivity contribution in [3.63, 3.8) is 0 Å². The van der Waals surface area contributed by atoms with Crippen molar-refractivity contribution >= 4 is 12.2 Å². The van der Waals surface area contributed by atoms with Gasteiger partial charge in [0.25, 0.3) is 5.91 Å². The lowest BCUT2D eigenvalue weighted by Gasteiger charge is -2.09. The van der Waals surface area contributed by atoms with Crippen molar-refractivity contribution in [2.75, 3.05) is 7.05 Å². The van der Waals surface area contributed by atoms with E-state index in [2.05, 4.69) is 5.32 Å². The summed E-state index contributed by atoms with van der Waals surface area (Å²) in [5, 5.41) is 2.54. The van der Waals surface area contributed by atoms with Crippen LogP contribution >= 0.6 is 0 Å². The molecule has 0 unspecified atom stereocenters. The maximum atomic E-state index is 11.7. The van der Waals surface area contributed by atoms with E-state index in [0.717, 1.165) is 17.4 Å². The molecule has 0 heterocycles. The highest BCUT2D eigenvalue weighted by Crippen LogP contribution is 2.24. The molecule has 0 aliphatic carbocycles. The minimum absolute atomic E-state index is 0.255. The van der Waals surface area contributed by atoms with Crippen LogP contribution < -0.4 is 5.32 Å². The zero-order valence-corrected chi connectivity index (χ0v) is 10.0. The summed E-state index contributed by atoms with van der Waals surface area (Å²) in [5.41, 5.74) is 2.51. The highest BCUT2D eigenvalue weighted by molar-refractivity contribution is 6.05. The number of carbonyl (C=O) groups is 2. The first kappa shape index (κ1) is 12.0. The van der Waals surface area contributed by atoms with Crippen LogP contribution in [0.4, 0.5) is 0 Å². The quantitative estimate of drug-likeness (QED) is 0.836. The van der Waals surface area contributed by atoms with Crippen molar-refractivity contribution in [2.24, 2.45) is 0 Å². The fourth-order valence-corrected chi connectivity index (χ4v) is 1.89. The molecule has 2 aromatic rings. The fourth-order valence-electron chi connectivity index (χ4n) is 1.89. The van der Waals surface area contributed by atoms with Crippen molar-refractivity contribution < 1.29 is 9.59 Å². The Morgan fingerprint density at radius 3 is 2.39 bits per heavy atom. The largest absolute Gasteiger partial charge is 0.355 e. The van der Waals surface area contributed by atoms with Gasteiger partial charge in [-0.1, -0.05) is 42.5 Å². The molecule has 2 rings (SSSR count). The lowest BCUT2D eigenvalue weighted by molar-refractivity contribution is 0.0957. The van der Waals surface area contributed by atoms with E-state index in [1.54, 1.807) is 19.2 Å². The predicted octanol–water partition coefficient (Wildman–Crippen LogP) is 2.53. The third-order valence-corrected chi connectivity index (χ3v) is 2.78. The van der Waals surface area contributed by atoms with Gasteiger partial charge in [-0.2, -0.15) is 0 Å². The zero-order valence-electron chi connectivity index (χ0n) is 10.0. The molecule has 18 heavy (non-hydrogen) atoms. The standard InChI is InChI=1S/C15H13NO2/c1-16-15(18)13-9-5-8-12(14(13)10-17)11-6-3-2-4-7-11/h2-10H,1H3,(H,16,18). The Bertz CT molecular complexity index is 576. The second kappa shape index (κ2) is 5.27. The van der Waals surface area contributed by atoms with Gasteiger partial charge in [-0.3, -0.25) is 9.59 Å². The van der Waals surface area contributed by atoms with Gasteiger partial charge in [-0.25, -0.2) is 0 Å². The summed E-state index contributed by atoms with van der Waals surface area (Å²) >= 11 is 0. The minimum atomic E-state index is -0.255. The summed E-state index contributed by atoms with van der Waals surface area (Å²) < 4.78 is 0. The van der Waals surface area contributed by atoms with Crippen LogP contribution in [-0.2, 0) is 0 Å². The second-order valence-corrected chi connectivity index (χ2v) is 3.83. The van der Waals surface area contributed by atoms with Crippen LogP contribution in [0.25, 0.3) is 11.1 Å². The molecule has 0 saturated heterocycles. The first-order chi connectivity index (χ1) is 8.77. The van der Waals surface area contributed by atoms with E-state index in [-0.39, 0.29) is 5.91 Å². The highest BCUT2D eigenvalue weighted by atomic mass is 16.1. The van der Waals surface area contributed by atoms with E-state index in [0.29, 0.717) is 11.1 Å². The summed E-state index contributed by atoms with van der Waals surface area (Å²) in [5.74, 6) is -0.255. The number of benzene rings is 2. The summed E-state index contributed by atoms with van der Waals surface area (Å²) in [7, 11) is 1.55. The van der Waals surface area contributed by atoms with Gasteiger partial charge >= 0.3 is 0 Å². The first-order valence-corrected chi connectivity index (χ1v) is 5.63. The number of carbonyl (C=O) groups excluding carboxylic acids is 2. The van der Waals surface area contributed by atoms with Crippen molar-refractivity contribution in [1.82, 2.24) is 5.32 Å². The Morgan fingerprint density at radius 1 is 1.06 bits per heavy atom. The van der Waals surface area contributed by atoms with Gasteiger partial charge in [0.1, 0.15) is 0 Å². The van der Waals surface area contributed by atoms with Crippen LogP contribution in [0.15, 0.2) is 48.5 Å². The molecule has 0 saturated carbocycles. The normalized spacial score (nSPS) is 9.83. The molecule has 0 aromatic heterocycles. The minimum Gasteiger partial charge on any atom is -0.355 e. The Hall–Kier alpha value is -2.42. The zero-order chi connectivity index (χ0) is 13.0. The average Bonchev–Trinajstić information content (AvgIpc) is 2.46. The Kier molecular flexibility index (Phi) is 3.53. The Labute approximate surface area is 105 Å². The smallest absolute Gasteiger partial charge is 0.251 e. The van der Waals surface area contributed by atoms with Gasteiger partial charge in [0.15, 0.2) is 6.29 Å². The van der Waals surface area contributed by atoms with Crippen molar-refractivity contribution in [2.45, 2.75) is 0 Å². The molecule has 0 atom stereocenters. The van der Waals surface area contributed by atoms with E-state index < -0.39 is 0 Å². The number of hydrogen-bond acceptors (Lipinski definition) is 2. The third kappa shape index (κ3) is 2.15. The molecule has 90 valence electrons. The molecule has 1 amide bonds. The fraction of sp³-hybridized carbons (Fsp3) is 0.0667. The molecule has 0 fully saturated rings. The van der Waals surface area contributed by atoms with Crippen LogP contribution in [0.5, 0.6) is 0 Å². The monoisotopic (exact) mass is 239 g/mol. The van der Waals surface area contributed by atoms with Crippen LogP contribution in [0.3, 0.4) is 0 Å². The number of rotatable bonds is 3. The molecular weight excluding hydrogens is 226 g/mol. The van der Waals surface area contributed by atoms with Gasteiger partial charge in [0.05, 0.1) is 5.56 Å². The number of amides is 1. The van der Waals surface area contributed by atoms with E-state index in [1.165, 1.54) is 0 Å². The van der Waals surface area contributed by atoms with Crippen molar-refractivity contribution in [1.29, 1.82) is 0 Å². The predicted molar refractivity (Wildman–Crippen MR) is 70.7 cm³/mol. The molecule has 0 radical (unpaired) electrons. The Morgan fingerprint density at radius 2 is 1.78 bits per heavy atom. The van der Waals surface area contributed by atoms with Gasteiger partial charge in [-0.05, 0) is 17.2 Å². The molecule has 0 bridgehead atoms. The first-order valence-electron chi connectivity index (χ1n) is 5.63. The van der Waals surface area contributed by atoms with E-state index >= 15 is 0 Å². The maximum absolute atomic E-state index is 11.7. The van der Waals surface area contributed by atoms with Gasteiger partial charge < -0.3 is 5.32 Å². The van der Waals surface area contributed by atoms with Gasteiger partial charge in [-0.15, -0.1) is 0 Å². The lowest BCUT2D eigenvalue weighted by atomic mass is 9.96. The molecule has 3 nitrogen and oxygen atoms in total. The molecule has 0 spiro atoms. The summed E-state index contributed by atoms with van der Waals surface area (Å²) in [6.45, 7) is 0. The molecule has 0 aliphatic rings. The average molecular weight is 239 g/mol. The van der Waals surface area contributed by atoms with Crippen LogP contribution in [0.1, 0.15) is 20.7 Å². The van der Waals surface area contributed by atoms with Crippen LogP contribution in [0, 0.1) is 0 Å². The van der Waals surface area contributed by atoms with E-state index in [4.69, 9.17) is 0 Å². The van der Waals surface area contributed by atoms with Crippen LogP contribution in [-0.4, -0.2) is 19.2 Å². The van der Waals surface area contributed by atoms with E-state index in [9.17, 15) is 9.59 Å². The molecular formula is C15H13NO2. The van der Waals surface area contributed by atoms with E-state index in [1.807, 2.05) is 36.4 Å². The summed E-state index contributed by atoms with van der Waals surface area (Å²) in [4.78, 5) is 23.0. The summed E-state index contributed by atoms with van der Waals surface area (Å²) in [6.07, 6.45) is 0.729. The molecule has 1 N–H and O–H groups in total. The lowest BCUT2D eigenvalue weighted by Crippen LogP contribution is -2.19. The third-order valence-electron chi connectivity index (χ3n) is 2.78. The topological polar surface area (TPSA) is 46.2 Å². The highest BCUT2D eigenvalue weighted by Gasteiger charge is 2.13. The molecule has 3 heteroatoms. The number of aldehydes is 1. The number of hydrogen-bond donors (Lipinski definition) is 1. The molecule has 0 aliphatic heterocycles. The van der Waals surface area contributed by atoms with Crippen molar-refractivity contribution in [3.8, 4) is 11.1 Å². The Balaban J connectivity index is 2.62. The maximum Gasteiger partial charge on any atom is 0.251 e. The van der Waals surface area contributed by atoms with Crippen molar-refractivity contribution in [3.05, 3.63) is 59.7 Å². The second-order valence-electron chi connectivity index (χ2n) is 3.83. The number of nitrogens with one attached hydrogen (secondary N) is 1.